The quantitative estimate of drug-likeness (QED) is 0.200. The van der Waals surface area contributed by atoms with Gasteiger partial charge in [0.2, 0.25) is 11.8 Å². The van der Waals surface area contributed by atoms with Crippen LogP contribution in [-0.4, -0.2) is 25.8 Å². The predicted molar refractivity (Wildman–Crippen MR) is 158 cm³/mol. The van der Waals surface area contributed by atoms with E-state index >= 15 is 0 Å². The second-order valence-electron chi connectivity index (χ2n) is 10.7. The van der Waals surface area contributed by atoms with Crippen LogP contribution in [0.4, 0.5) is 0 Å². The van der Waals surface area contributed by atoms with Crippen LogP contribution in [0.1, 0.15) is 36.8 Å². The number of carbonyl (C=O) groups is 1. The Morgan fingerprint density at radius 3 is 2.20 bits per heavy atom. The van der Waals surface area contributed by atoms with Crippen molar-refractivity contribution in [1.29, 1.82) is 0 Å². The highest BCUT2D eigenvalue weighted by molar-refractivity contribution is 5.85. The van der Waals surface area contributed by atoms with Crippen LogP contribution in [0.15, 0.2) is 97.2 Å². The summed E-state index contributed by atoms with van der Waals surface area (Å²) < 4.78 is 14.3. The number of benzene rings is 3. The molecule has 0 atom stereocenters. The Bertz CT molecular complexity index is 1610. The summed E-state index contributed by atoms with van der Waals surface area (Å²) in [4.78, 5) is 16.0. The number of carboxylic acid groups (broad SMARTS) is 1. The summed E-state index contributed by atoms with van der Waals surface area (Å²) in [5.74, 6) is 0.601. The van der Waals surface area contributed by atoms with Crippen molar-refractivity contribution >= 4 is 16.9 Å². The lowest BCUT2D eigenvalue weighted by Gasteiger charge is -2.25. The van der Waals surface area contributed by atoms with Crippen LogP contribution in [0.5, 0.6) is 11.8 Å². The Morgan fingerprint density at radius 1 is 0.829 bits per heavy atom. The molecular weight excluding hydrogens is 514 g/mol. The van der Waals surface area contributed by atoms with Gasteiger partial charge in [-0.1, -0.05) is 66.7 Å². The van der Waals surface area contributed by atoms with Crippen LogP contribution in [-0.2, 0) is 24.6 Å². The van der Waals surface area contributed by atoms with Gasteiger partial charge in [0.15, 0.2) is 0 Å². The SMILES string of the molecule is O=C(O)C1CCC(Cn2cc3cc(-c4ccc(OCc5ccccc5)nc4OCc4ccccc4)ccc3n2)CC1. The van der Waals surface area contributed by atoms with Gasteiger partial charge in [0, 0.05) is 29.8 Å². The molecule has 3 aromatic carbocycles. The number of aromatic nitrogens is 3. The zero-order valence-electron chi connectivity index (χ0n) is 22.9. The van der Waals surface area contributed by atoms with Gasteiger partial charge in [-0.15, -0.1) is 0 Å². The molecule has 1 aliphatic rings. The molecule has 0 radical (unpaired) electrons. The van der Waals surface area contributed by atoms with Gasteiger partial charge in [0.05, 0.1) is 11.4 Å². The van der Waals surface area contributed by atoms with Crippen LogP contribution in [0.3, 0.4) is 0 Å². The average Bonchev–Trinajstić information content (AvgIpc) is 3.42. The van der Waals surface area contributed by atoms with Gasteiger partial charge in [-0.2, -0.15) is 10.1 Å². The normalized spacial score (nSPS) is 16.9. The predicted octanol–water partition coefficient (Wildman–Crippen LogP) is 7.15. The molecule has 2 heterocycles. The van der Waals surface area contributed by atoms with Crippen molar-refractivity contribution in [2.75, 3.05) is 0 Å². The third-order valence-electron chi connectivity index (χ3n) is 7.79. The van der Waals surface area contributed by atoms with Crippen LogP contribution in [0, 0.1) is 11.8 Å². The fourth-order valence-corrected chi connectivity index (χ4v) is 5.49. The van der Waals surface area contributed by atoms with Gasteiger partial charge in [0.1, 0.15) is 13.2 Å². The van der Waals surface area contributed by atoms with E-state index in [9.17, 15) is 9.90 Å². The van der Waals surface area contributed by atoms with Crippen molar-refractivity contribution in [3.63, 3.8) is 0 Å². The van der Waals surface area contributed by atoms with Crippen molar-refractivity contribution in [3.8, 4) is 22.9 Å². The van der Waals surface area contributed by atoms with Gasteiger partial charge in [-0.25, -0.2) is 0 Å². The largest absolute Gasteiger partial charge is 0.481 e. The van der Waals surface area contributed by atoms with Crippen LogP contribution in [0.25, 0.3) is 22.0 Å². The molecule has 0 unspecified atom stereocenters. The Labute approximate surface area is 239 Å². The summed E-state index contributed by atoms with van der Waals surface area (Å²) in [5, 5.41) is 15.1. The second-order valence-corrected chi connectivity index (χ2v) is 10.7. The summed E-state index contributed by atoms with van der Waals surface area (Å²) in [6.45, 7) is 1.62. The lowest BCUT2D eigenvalue weighted by atomic mass is 9.82. The molecule has 5 aromatic rings. The first-order chi connectivity index (χ1) is 20.1. The van der Waals surface area contributed by atoms with E-state index in [0.29, 0.717) is 30.9 Å². The lowest BCUT2D eigenvalue weighted by molar-refractivity contribution is -0.143. The smallest absolute Gasteiger partial charge is 0.306 e. The Morgan fingerprint density at radius 2 is 1.51 bits per heavy atom. The molecule has 1 aliphatic carbocycles. The molecule has 0 amide bonds. The monoisotopic (exact) mass is 547 g/mol. The molecule has 2 aromatic heterocycles. The fraction of sp³-hybridized carbons (Fsp3) is 0.265. The Kier molecular flexibility index (Phi) is 7.94. The average molecular weight is 548 g/mol. The van der Waals surface area contributed by atoms with Crippen molar-refractivity contribution in [1.82, 2.24) is 14.8 Å². The first-order valence-electron chi connectivity index (χ1n) is 14.2. The third-order valence-corrected chi connectivity index (χ3v) is 7.79. The topological polar surface area (TPSA) is 86.5 Å². The summed E-state index contributed by atoms with van der Waals surface area (Å²) in [5.41, 5.74) is 4.93. The van der Waals surface area contributed by atoms with Crippen molar-refractivity contribution in [2.45, 2.75) is 45.4 Å². The second kappa shape index (κ2) is 12.3. The minimum absolute atomic E-state index is 0.201. The number of pyridine rings is 1. The lowest BCUT2D eigenvalue weighted by Crippen LogP contribution is -2.23. The number of aliphatic carboxylic acids is 1. The van der Waals surface area contributed by atoms with E-state index in [1.165, 1.54) is 0 Å². The highest BCUT2D eigenvalue weighted by Crippen LogP contribution is 2.34. The number of ether oxygens (including phenoxy) is 2. The zero-order chi connectivity index (χ0) is 28.0. The molecule has 1 N–H and O–H groups in total. The molecular formula is C34H33N3O4. The number of carboxylic acids is 1. The van der Waals surface area contributed by atoms with E-state index < -0.39 is 5.97 Å². The number of hydrogen-bond donors (Lipinski definition) is 1. The highest BCUT2D eigenvalue weighted by atomic mass is 16.5. The first kappa shape index (κ1) is 26.6. The van der Waals surface area contributed by atoms with E-state index in [4.69, 9.17) is 19.6 Å². The van der Waals surface area contributed by atoms with E-state index in [1.54, 1.807) is 0 Å². The first-order valence-corrected chi connectivity index (χ1v) is 14.2. The molecule has 1 fully saturated rings. The maximum Gasteiger partial charge on any atom is 0.306 e. The zero-order valence-corrected chi connectivity index (χ0v) is 22.9. The summed E-state index contributed by atoms with van der Waals surface area (Å²) in [6, 6.07) is 30.1. The summed E-state index contributed by atoms with van der Waals surface area (Å²) in [7, 11) is 0. The molecule has 41 heavy (non-hydrogen) atoms. The van der Waals surface area contributed by atoms with Crippen molar-refractivity contribution in [3.05, 3.63) is 108 Å². The number of nitrogens with zero attached hydrogens (tertiary/aromatic N) is 3. The molecule has 208 valence electrons. The molecule has 0 bridgehead atoms. The van der Waals surface area contributed by atoms with Crippen LogP contribution < -0.4 is 9.47 Å². The van der Waals surface area contributed by atoms with Crippen molar-refractivity contribution < 1.29 is 19.4 Å². The molecule has 7 heteroatoms. The Hall–Kier alpha value is -4.65. The minimum Gasteiger partial charge on any atom is -0.481 e. The van der Waals surface area contributed by atoms with E-state index in [2.05, 4.69) is 18.3 Å². The number of rotatable bonds is 10. The highest BCUT2D eigenvalue weighted by Gasteiger charge is 2.26. The maximum atomic E-state index is 11.3. The van der Waals surface area contributed by atoms with E-state index in [1.807, 2.05) is 83.5 Å². The standard InChI is InChI=1S/C34H33N3O4/c38-34(39)27-13-11-24(12-14-27)20-37-21-29-19-28(15-17-31(29)36-37)30-16-18-32(40-22-25-7-3-1-4-8-25)35-33(30)41-23-26-9-5-2-6-10-26/h1-10,15-19,21,24,27H,11-14,20,22-23H2,(H,38,39). The molecule has 0 spiro atoms. The van der Waals surface area contributed by atoms with Gasteiger partial charge < -0.3 is 14.6 Å². The molecule has 0 saturated heterocycles. The van der Waals surface area contributed by atoms with Crippen LogP contribution in [0.2, 0.25) is 0 Å². The maximum absolute atomic E-state index is 11.3. The number of hydrogen-bond acceptors (Lipinski definition) is 5. The Balaban J connectivity index is 1.22. The molecule has 7 nitrogen and oxygen atoms in total. The van der Waals surface area contributed by atoms with E-state index in [-0.39, 0.29) is 5.92 Å². The van der Waals surface area contributed by atoms with Gasteiger partial charge in [-0.3, -0.25) is 9.48 Å². The number of fused-ring (bicyclic) bond motifs is 1. The van der Waals surface area contributed by atoms with E-state index in [0.717, 1.165) is 65.4 Å². The van der Waals surface area contributed by atoms with Crippen molar-refractivity contribution in [2.24, 2.45) is 11.8 Å². The van der Waals surface area contributed by atoms with Gasteiger partial charge in [-0.05, 0) is 66.5 Å². The molecule has 6 rings (SSSR count). The van der Waals surface area contributed by atoms with Gasteiger partial charge >= 0.3 is 5.97 Å². The molecule has 1 saturated carbocycles. The summed E-state index contributed by atoms with van der Waals surface area (Å²) in [6.07, 6.45) is 5.41. The fourth-order valence-electron chi connectivity index (χ4n) is 5.49. The third kappa shape index (κ3) is 6.57. The molecule has 0 aliphatic heterocycles. The van der Waals surface area contributed by atoms with Crippen LogP contribution >= 0.6 is 0 Å². The summed E-state index contributed by atoms with van der Waals surface area (Å²) >= 11 is 0. The minimum atomic E-state index is -0.668. The van der Waals surface area contributed by atoms with Gasteiger partial charge in [0.25, 0.3) is 0 Å².